The fourth-order valence-electron chi connectivity index (χ4n) is 1.32. The number of aryl methyl sites for hydroxylation is 1. The third-order valence-corrected chi connectivity index (χ3v) is 4.34. The molecule has 1 aromatic carbocycles. The maximum absolute atomic E-state index is 5.71. The first-order chi connectivity index (χ1) is 7.24. The first-order valence-electron chi connectivity index (χ1n) is 5.30. The van der Waals surface area contributed by atoms with Gasteiger partial charge in [0, 0.05) is 10.6 Å². The van der Waals surface area contributed by atoms with Crippen LogP contribution in [-0.2, 0) is 0 Å². The van der Waals surface area contributed by atoms with Crippen molar-refractivity contribution in [2.45, 2.75) is 25.2 Å². The van der Waals surface area contributed by atoms with Gasteiger partial charge in [0.25, 0.3) is 0 Å². The molecule has 0 saturated carbocycles. The summed E-state index contributed by atoms with van der Waals surface area (Å²) in [7, 11) is 0. The second kappa shape index (κ2) is 7.07. The second-order valence-corrected chi connectivity index (χ2v) is 5.95. The van der Waals surface area contributed by atoms with E-state index in [0.717, 1.165) is 5.69 Å². The van der Waals surface area contributed by atoms with Gasteiger partial charge in [-0.15, -0.1) is 11.8 Å². The molecule has 84 valence electrons. The summed E-state index contributed by atoms with van der Waals surface area (Å²) in [6.07, 6.45) is 1.28. The second-order valence-electron chi connectivity index (χ2n) is 3.42. The molecule has 0 aromatic heterocycles. The summed E-state index contributed by atoms with van der Waals surface area (Å²) >= 11 is 3.95. The maximum atomic E-state index is 5.71. The summed E-state index contributed by atoms with van der Waals surface area (Å²) < 4.78 is 0. The van der Waals surface area contributed by atoms with E-state index < -0.39 is 0 Å². The van der Waals surface area contributed by atoms with Gasteiger partial charge in [-0.3, -0.25) is 0 Å². The number of anilines is 1. The van der Waals surface area contributed by atoms with Crippen LogP contribution in [0.5, 0.6) is 0 Å². The van der Waals surface area contributed by atoms with Crippen LogP contribution in [-0.4, -0.2) is 17.3 Å². The standard InChI is InChI=1S/C12H19NS2/c1-3-14-7-4-8-15-12-6-5-11(13)9-10(12)2/h5-6,9H,3-4,7-8,13H2,1-2H3. The normalized spacial score (nSPS) is 10.5. The van der Waals surface area contributed by atoms with Crippen molar-refractivity contribution in [2.75, 3.05) is 23.0 Å². The Bertz CT molecular complexity index is 300. The largest absolute Gasteiger partial charge is 0.399 e. The summed E-state index contributed by atoms with van der Waals surface area (Å²) in [5, 5.41) is 0. The number of nitrogens with two attached hydrogens (primary N) is 1. The molecule has 0 atom stereocenters. The van der Waals surface area contributed by atoms with Crippen molar-refractivity contribution in [2.24, 2.45) is 0 Å². The van der Waals surface area contributed by atoms with E-state index in [0.29, 0.717) is 0 Å². The number of thioether (sulfide) groups is 2. The van der Waals surface area contributed by atoms with Crippen LogP contribution in [0, 0.1) is 6.92 Å². The van der Waals surface area contributed by atoms with Crippen LogP contribution in [0.1, 0.15) is 18.9 Å². The van der Waals surface area contributed by atoms with Crippen molar-refractivity contribution in [3.8, 4) is 0 Å². The number of hydrogen-bond acceptors (Lipinski definition) is 3. The first kappa shape index (κ1) is 12.8. The van der Waals surface area contributed by atoms with Gasteiger partial charge in [0.15, 0.2) is 0 Å². The van der Waals surface area contributed by atoms with Gasteiger partial charge in [0.1, 0.15) is 0 Å². The van der Waals surface area contributed by atoms with Gasteiger partial charge >= 0.3 is 0 Å². The topological polar surface area (TPSA) is 26.0 Å². The maximum Gasteiger partial charge on any atom is 0.0317 e. The molecule has 1 aromatic rings. The average molecular weight is 241 g/mol. The molecular formula is C12H19NS2. The van der Waals surface area contributed by atoms with Crippen LogP contribution in [0.4, 0.5) is 5.69 Å². The van der Waals surface area contributed by atoms with E-state index in [9.17, 15) is 0 Å². The fourth-order valence-corrected chi connectivity index (χ4v) is 3.10. The zero-order valence-corrected chi connectivity index (χ0v) is 11.1. The molecule has 3 heteroatoms. The lowest BCUT2D eigenvalue weighted by atomic mass is 10.2. The van der Waals surface area contributed by atoms with Gasteiger partial charge in [-0.05, 0) is 54.4 Å². The Morgan fingerprint density at radius 3 is 2.73 bits per heavy atom. The van der Waals surface area contributed by atoms with Crippen molar-refractivity contribution in [3.05, 3.63) is 23.8 Å². The summed E-state index contributed by atoms with van der Waals surface area (Å²) in [5.41, 5.74) is 7.86. The quantitative estimate of drug-likeness (QED) is 0.466. The van der Waals surface area contributed by atoms with Crippen LogP contribution in [0.3, 0.4) is 0 Å². The smallest absolute Gasteiger partial charge is 0.0317 e. The summed E-state index contributed by atoms with van der Waals surface area (Å²) in [4.78, 5) is 1.37. The highest BCUT2D eigenvalue weighted by molar-refractivity contribution is 8.00. The molecule has 0 radical (unpaired) electrons. The van der Waals surface area contributed by atoms with Crippen molar-refractivity contribution in [3.63, 3.8) is 0 Å². The van der Waals surface area contributed by atoms with Gasteiger partial charge in [-0.2, -0.15) is 11.8 Å². The third kappa shape index (κ3) is 4.85. The lowest BCUT2D eigenvalue weighted by Gasteiger charge is -2.06. The summed E-state index contributed by atoms with van der Waals surface area (Å²) in [6, 6.07) is 6.15. The molecule has 0 spiro atoms. The molecular weight excluding hydrogens is 222 g/mol. The molecule has 0 saturated heterocycles. The molecule has 0 aliphatic rings. The molecule has 1 rings (SSSR count). The predicted octanol–water partition coefficient (Wildman–Crippen LogP) is 3.81. The third-order valence-electron chi connectivity index (χ3n) is 2.09. The van der Waals surface area contributed by atoms with E-state index in [2.05, 4.69) is 19.9 Å². The van der Waals surface area contributed by atoms with Crippen LogP contribution in [0.25, 0.3) is 0 Å². The Morgan fingerprint density at radius 1 is 1.27 bits per heavy atom. The Kier molecular flexibility index (Phi) is 6.03. The summed E-state index contributed by atoms with van der Waals surface area (Å²) in [6.45, 7) is 4.33. The molecule has 0 heterocycles. The zero-order valence-electron chi connectivity index (χ0n) is 9.45. The van der Waals surface area contributed by atoms with Crippen molar-refractivity contribution in [1.29, 1.82) is 0 Å². The number of nitrogen functional groups attached to an aromatic ring is 1. The predicted molar refractivity (Wildman–Crippen MR) is 73.9 cm³/mol. The molecule has 0 amide bonds. The van der Waals surface area contributed by atoms with E-state index in [1.54, 1.807) is 0 Å². The van der Waals surface area contributed by atoms with Gasteiger partial charge in [0.05, 0.1) is 0 Å². The van der Waals surface area contributed by atoms with E-state index in [1.165, 1.54) is 34.1 Å². The van der Waals surface area contributed by atoms with Crippen LogP contribution < -0.4 is 5.73 Å². The average Bonchev–Trinajstić information content (AvgIpc) is 2.20. The zero-order chi connectivity index (χ0) is 11.1. The minimum atomic E-state index is 0.860. The number of hydrogen-bond donors (Lipinski definition) is 1. The molecule has 0 aliphatic heterocycles. The van der Waals surface area contributed by atoms with Gasteiger partial charge < -0.3 is 5.73 Å². The molecule has 0 bridgehead atoms. The molecule has 2 N–H and O–H groups in total. The Morgan fingerprint density at radius 2 is 2.07 bits per heavy atom. The highest BCUT2D eigenvalue weighted by Gasteiger charge is 1.99. The van der Waals surface area contributed by atoms with Crippen LogP contribution >= 0.6 is 23.5 Å². The van der Waals surface area contributed by atoms with Crippen molar-refractivity contribution >= 4 is 29.2 Å². The van der Waals surface area contributed by atoms with E-state index in [1.807, 2.05) is 35.7 Å². The Labute approximate surface area is 101 Å². The molecule has 15 heavy (non-hydrogen) atoms. The minimum Gasteiger partial charge on any atom is -0.399 e. The molecule has 1 nitrogen and oxygen atoms in total. The lowest BCUT2D eigenvalue weighted by molar-refractivity contribution is 1.12. The molecule has 0 fully saturated rings. The van der Waals surface area contributed by atoms with Crippen LogP contribution in [0.15, 0.2) is 23.1 Å². The van der Waals surface area contributed by atoms with E-state index >= 15 is 0 Å². The number of benzene rings is 1. The van der Waals surface area contributed by atoms with E-state index in [4.69, 9.17) is 5.73 Å². The van der Waals surface area contributed by atoms with Gasteiger partial charge in [-0.25, -0.2) is 0 Å². The van der Waals surface area contributed by atoms with Crippen LogP contribution in [0.2, 0.25) is 0 Å². The first-order valence-corrected chi connectivity index (χ1v) is 7.44. The van der Waals surface area contributed by atoms with Crippen molar-refractivity contribution < 1.29 is 0 Å². The SMILES string of the molecule is CCSCCCSc1ccc(N)cc1C. The minimum absolute atomic E-state index is 0.860. The Hall–Kier alpha value is -0.280. The van der Waals surface area contributed by atoms with Gasteiger partial charge in [-0.1, -0.05) is 6.92 Å². The summed E-state index contributed by atoms with van der Waals surface area (Å²) in [5.74, 6) is 3.71. The highest BCUT2D eigenvalue weighted by atomic mass is 32.2. The monoisotopic (exact) mass is 241 g/mol. The Balaban J connectivity index is 2.31. The fraction of sp³-hybridized carbons (Fsp3) is 0.500. The number of rotatable bonds is 6. The lowest BCUT2D eigenvalue weighted by Crippen LogP contribution is -1.89. The van der Waals surface area contributed by atoms with Crippen molar-refractivity contribution in [1.82, 2.24) is 0 Å². The molecule has 0 unspecified atom stereocenters. The van der Waals surface area contributed by atoms with E-state index in [-0.39, 0.29) is 0 Å². The molecule has 0 aliphatic carbocycles. The van der Waals surface area contributed by atoms with Gasteiger partial charge in [0.2, 0.25) is 0 Å². The highest BCUT2D eigenvalue weighted by Crippen LogP contribution is 2.24.